The molecule has 0 radical (unpaired) electrons. The Morgan fingerprint density at radius 3 is 2.47 bits per heavy atom. The minimum Gasteiger partial charge on any atom is -0.438 e. The van der Waals surface area contributed by atoms with Crippen LogP contribution in [-0.2, 0) is 12.6 Å². The first-order valence-corrected chi connectivity index (χ1v) is 12.1. The highest BCUT2D eigenvalue weighted by Crippen LogP contribution is 2.43. The second-order valence-electron chi connectivity index (χ2n) is 10.4. The lowest BCUT2D eigenvalue weighted by Crippen LogP contribution is -2.49. The maximum absolute atomic E-state index is 6.19. The number of imidazole rings is 1. The summed E-state index contributed by atoms with van der Waals surface area (Å²) in [6, 6.07) is 8.88. The summed E-state index contributed by atoms with van der Waals surface area (Å²) in [5, 5.41) is 2.25. The number of fused-ring (bicyclic) bond motifs is 3. The van der Waals surface area contributed by atoms with Crippen molar-refractivity contribution in [1.82, 2.24) is 14.5 Å². The molecule has 0 spiro atoms. The van der Waals surface area contributed by atoms with E-state index < -0.39 is 0 Å². The number of benzene rings is 1. The van der Waals surface area contributed by atoms with Crippen molar-refractivity contribution in [2.24, 2.45) is 7.05 Å². The van der Waals surface area contributed by atoms with Crippen molar-refractivity contribution >= 4 is 27.9 Å². The second-order valence-corrected chi connectivity index (χ2v) is 10.4. The molecule has 0 N–H and O–H groups in total. The molecule has 178 valence electrons. The summed E-state index contributed by atoms with van der Waals surface area (Å²) in [6.07, 6.45) is 6.85. The Bertz CT molecular complexity index is 1440. The zero-order chi connectivity index (χ0) is 24.5. The van der Waals surface area contributed by atoms with E-state index >= 15 is 0 Å². The molecule has 1 aromatic carbocycles. The second kappa shape index (κ2) is 7.62. The van der Waals surface area contributed by atoms with Gasteiger partial charge in [-0.1, -0.05) is 6.07 Å². The first-order chi connectivity index (χ1) is 16.0. The van der Waals surface area contributed by atoms with Crippen LogP contribution in [0.2, 0.25) is 0 Å². The molecule has 1 atom stereocenters. The summed E-state index contributed by atoms with van der Waals surface area (Å²) >= 11 is 0. The van der Waals surface area contributed by atoms with Crippen LogP contribution < -0.4 is 9.47 Å². The normalized spacial score (nSPS) is 16.7. The lowest BCUT2D eigenvalue weighted by atomic mass is 9.85. The number of aryl methyl sites for hydroxylation is 2. The molecular weight excluding hydrogens is 422 g/mol. The first kappa shape index (κ1) is 22.5. The van der Waals surface area contributed by atoms with Gasteiger partial charge in [0.1, 0.15) is 11.8 Å². The third-order valence-corrected chi connectivity index (χ3v) is 7.58. The molecular formula is C28H36N5O+. The number of hydrogen-bond acceptors (Lipinski definition) is 4. The average Bonchev–Trinajstić information content (AvgIpc) is 3.41. The Hall–Kier alpha value is -3.28. The van der Waals surface area contributed by atoms with Gasteiger partial charge in [-0.25, -0.2) is 14.5 Å². The molecule has 1 aliphatic heterocycles. The van der Waals surface area contributed by atoms with E-state index in [2.05, 4.69) is 122 Å². The number of rotatable bonds is 4. The van der Waals surface area contributed by atoms with Gasteiger partial charge in [-0.2, -0.15) is 0 Å². The van der Waals surface area contributed by atoms with Gasteiger partial charge < -0.3 is 9.32 Å². The van der Waals surface area contributed by atoms with Crippen LogP contribution in [0.3, 0.4) is 0 Å². The topological polar surface area (TPSA) is 41.3 Å². The predicted octanol–water partition coefficient (Wildman–Crippen LogP) is 5.99. The molecule has 0 amide bonds. The molecule has 0 saturated heterocycles. The molecule has 0 fully saturated rings. The van der Waals surface area contributed by atoms with Gasteiger partial charge in [0.15, 0.2) is 6.17 Å². The minimum absolute atomic E-state index is 0.150. The van der Waals surface area contributed by atoms with Crippen molar-refractivity contribution in [3.05, 3.63) is 65.5 Å². The zero-order valence-electron chi connectivity index (χ0n) is 21.8. The van der Waals surface area contributed by atoms with Gasteiger partial charge >= 0.3 is 0 Å². The van der Waals surface area contributed by atoms with Gasteiger partial charge in [0.2, 0.25) is 11.5 Å². The summed E-state index contributed by atoms with van der Waals surface area (Å²) in [5.41, 5.74) is 4.84. The molecule has 1 aliphatic rings. The Balaban J connectivity index is 1.61. The van der Waals surface area contributed by atoms with E-state index in [0.717, 1.165) is 16.7 Å². The summed E-state index contributed by atoms with van der Waals surface area (Å²) in [6.45, 7) is 17.7. The highest BCUT2D eigenvalue weighted by Gasteiger charge is 2.41. The molecule has 5 rings (SSSR count). The Morgan fingerprint density at radius 2 is 1.79 bits per heavy atom. The van der Waals surface area contributed by atoms with Gasteiger partial charge in [-0.15, -0.1) is 0 Å². The quantitative estimate of drug-likeness (QED) is 0.352. The fraction of sp³-hybridized carbons (Fsp3) is 0.429. The Morgan fingerprint density at radius 1 is 1.06 bits per heavy atom. The molecule has 4 heterocycles. The highest BCUT2D eigenvalue weighted by atomic mass is 16.3. The molecule has 6 heteroatoms. The SMILES string of the molecule is Cc1ccc2c(n1)oc1ccc(C)c(C(C)(C)N3C=CN(c4cn(C(C)C)c(C)[n+]4C)C3C)c12. The summed E-state index contributed by atoms with van der Waals surface area (Å²) < 4.78 is 10.8. The smallest absolute Gasteiger partial charge is 0.261 e. The minimum atomic E-state index is -0.274. The van der Waals surface area contributed by atoms with Crippen LogP contribution in [0.15, 0.2) is 47.3 Å². The van der Waals surface area contributed by atoms with E-state index in [1.165, 1.54) is 28.2 Å². The largest absolute Gasteiger partial charge is 0.438 e. The molecule has 4 aromatic rings. The highest BCUT2D eigenvalue weighted by molar-refractivity contribution is 6.06. The van der Waals surface area contributed by atoms with E-state index in [1.807, 2.05) is 6.92 Å². The number of nitrogens with zero attached hydrogens (tertiary/aromatic N) is 5. The average molecular weight is 459 g/mol. The molecule has 0 saturated carbocycles. The van der Waals surface area contributed by atoms with Crippen LogP contribution >= 0.6 is 0 Å². The van der Waals surface area contributed by atoms with Crippen molar-refractivity contribution in [2.75, 3.05) is 4.90 Å². The monoisotopic (exact) mass is 458 g/mol. The third kappa shape index (κ3) is 3.15. The summed E-state index contributed by atoms with van der Waals surface area (Å²) in [4.78, 5) is 9.47. The standard InChI is InChI=1S/C28H36N5O/c1-17(2)32-16-24(30(9)20(32)5)31-14-15-33(21(31)6)28(7,8)26-18(3)10-13-23-25(26)22-12-11-19(4)29-27(22)34-23/h10-17,21H,1-9H3/q+1. The van der Waals surface area contributed by atoms with E-state index in [0.29, 0.717) is 11.8 Å². The van der Waals surface area contributed by atoms with Crippen LogP contribution in [0.4, 0.5) is 5.82 Å². The van der Waals surface area contributed by atoms with E-state index in [-0.39, 0.29) is 11.7 Å². The van der Waals surface area contributed by atoms with E-state index in [4.69, 9.17) is 4.42 Å². The molecule has 1 unspecified atom stereocenters. The van der Waals surface area contributed by atoms with Crippen molar-refractivity contribution in [2.45, 2.75) is 73.1 Å². The van der Waals surface area contributed by atoms with Crippen molar-refractivity contribution < 1.29 is 8.98 Å². The Labute approximate surface area is 202 Å². The van der Waals surface area contributed by atoms with Crippen LogP contribution in [0.5, 0.6) is 0 Å². The van der Waals surface area contributed by atoms with Crippen LogP contribution in [0.1, 0.15) is 63.3 Å². The van der Waals surface area contributed by atoms with Crippen molar-refractivity contribution in [1.29, 1.82) is 0 Å². The lowest BCUT2D eigenvalue weighted by molar-refractivity contribution is -0.665. The summed E-state index contributed by atoms with van der Waals surface area (Å²) in [5.74, 6) is 2.44. The fourth-order valence-corrected chi connectivity index (χ4v) is 5.72. The van der Waals surface area contributed by atoms with Crippen LogP contribution in [0.25, 0.3) is 22.1 Å². The third-order valence-electron chi connectivity index (χ3n) is 7.58. The lowest BCUT2D eigenvalue weighted by Gasteiger charge is -2.41. The molecule has 0 bridgehead atoms. The number of pyridine rings is 1. The fourth-order valence-electron chi connectivity index (χ4n) is 5.72. The van der Waals surface area contributed by atoms with Crippen LogP contribution in [0, 0.1) is 20.8 Å². The maximum atomic E-state index is 6.19. The number of aromatic nitrogens is 3. The van der Waals surface area contributed by atoms with E-state index in [1.54, 1.807) is 0 Å². The van der Waals surface area contributed by atoms with Gasteiger partial charge in [0, 0.05) is 29.6 Å². The van der Waals surface area contributed by atoms with Crippen molar-refractivity contribution in [3.63, 3.8) is 0 Å². The van der Waals surface area contributed by atoms with Crippen molar-refractivity contribution in [3.8, 4) is 0 Å². The molecule has 6 nitrogen and oxygen atoms in total. The Kier molecular flexibility index (Phi) is 5.04. The molecule has 34 heavy (non-hydrogen) atoms. The van der Waals surface area contributed by atoms with Crippen LogP contribution in [-0.4, -0.2) is 20.6 Å². The van der Waals surface area contributed by atoms with E-state index in [9.17, 15) is 0 Å². The van der Waals surface area contributed by atoms with Gasteiger partial charge in [-0.3, -0.25) is 4.57 Å². The molecule has 0 aliphatic carbocycles. The van der Waals surface area contributed by atoms with Gasteiger partial charge in [0.25, 0.3) is 5.82 Å². The van der Waals surface area contributed by atoms with Gasteiger partial charge in [0.05, 0.1) is 24.8 Å². The number of anilines is 1. The first-order valence-electron chi connectivity index (χ1n) is 12.1. The summed E-state index contributed by atoms with van der Waals surface area (Å²) in [7, 11) is 2.15. The molecule has 3 aromatic heterocycles. The maximum Gasteiger partial charge on any atom is 0.261 e. The zero-order valence-corrected chi connectivity index (χ0v) is 21.8. The number of hydrogen-bond donors (Lipinski definition) is 0. The van der Waals surface area contributed by atoms with Gasteiger partial charge in [-0.05, 0) is 77.8 Å². The predicted molar refractivity (Wildman–Crippen MR) is 138 cm³/mol. The number of furan rings is 1.